The normalized spacial score (nSPS) is 11.0. The van der Waals surface area contributed by atoms with Crippen molar-refractivity contribution in [2.75, 3.05) is 7.05 Å². The predicted octanol–water partition coefficient (Wildman–Crippen LogP) is -1.31. The minimum Gasteiger partial charge on any atom is -0.364 e. The molecule has 0 saturated heterocycles. The molecule has 0 bridgehead atoms. The Hall–Kier alpha value is -2.00. The number of carbonyl (C=O) groups is 2. The first-order valence-corrected chi connectivity index (χ1v) is 6.81. The first-order chi connectivity index (χ1) is 8.84. The van der Waals surface area contributed by atoms with Crippen molar-refractivity contribution >= 4 is 22.0 Å². The van der Waals surface area contributed by atoms with Crippen LogP contribution in [0.4, 0.5) is 0 Å². The van der Waals surface area contributed by atoms with Crippen LogP contribution in [0.25, 0.3) is 0 Å². The number of carbonyl (C=O) groups excluding carboxylic acids is 2. The number of hydrogen-bond acceptors (Lipinski definition) is 5. The van der Waals surface area contributed by atoms with Crippen molar-refractivity contribution in [3.05, 3.63) is 29.6 Å². The minimum absolute atomic E-state index is 0.0154. The van der Waals surface area contributed by atoms with Gasteiger partial charge in [0.1, 0.15) is 5.69 Å². The molecule has 0 saturated carbocycles. The van der Waals surface area contributed by atoms with Crippen LogP contribution < -0.4 is 15.2 Å². The van der Waals surface area contributed by atoms with Gasteiger partial charge in [-0.3, -0.25) is 14.6 Å². The number of nitrogens with one attached hydrogen (secondary N) is 2. The van der Waals surface area contributed by atoms with Gasteiger partial charge in [-0.15, -0.1) is 0 Å². The van der Waals surface area contributed by atoms with E-state index in [0.29, 0.717) is 12.0 Å². The summed E-state index contributed by atoms with van der Waals surface area (Å²) in [5.41, 5.74) is 5.86. The number of nitrogens with two attached hydrogens (primary N) is 1. The van der Waals surface area contributed by atoms with Gasteiger partial charge in [0.05, 0.1) is 0 Å². The van der Waals surface area contributed by atoms with Crippen molar-refractivity contribution in [3.8, 4) is 0 Å². The molecular formula is C10H14N4O4S. The van der Waals surface area contributed by atoms with Crippen LogP contribution in [-0.2, 0) is 21.4 Å². The fourth-order valence-electron chi connectivity index (χ4n) is 1.23. The van der Waals surface area contributed by atoms with E-state index in [1.54, 1.807) is 6.07 Å². The largest absolute Gasteiger partial charge is 0.364 e. The maximum Gasteiger partial charge on any atom is 0.301 e. The predicted molar refractivity (Wildman–Crippen MR) is 67.2 cm³/mol. The fourth-order valence-corrected chi connectivity index (χ4v) is 1.73. The Labute approximate surface area is 110 Å². The summed E-state index contributed by atoms with van der Waals surface area (Å²) in [6.07, 6.45) is 1.70. The maximum absolute atomic E-state index is 11.3. The molecule has 19 heavy (non-hydrogen) atoms. The lowest BCUT2D eigenvalue weighted by atomic mass is 10.1. The second kappa shape index (κ2) is 6.25. The van der Waals surface area contributed by atoms with E-state index in [-0.39, 0.29) is 12.1 Å². The van der Waals surface area contributed by atoms with Crippen molar-refractivity contribution in [1.82, 2.24) is 14.4 Å². The maximum atomic E-state index is 11.3. The number of nitrogens with zero attached hydrogens (tertiary/aromatic N) is 1. The lowest BCUT2D eigenvalue weighted by molar-refractivity contribution is -0.119. The Morgan fingerprint density at radius 3 is 2.53 bits per heavy atom. The zero-order chi connectivity index (χ0) is 14.5. The van der Waals surface area contributed by atoms with Crippen LogP contribution in [0.5, 0.6) is 0 Å². The molecule has 0 radical (unpaired) electrons. The van der Waals surface area contributed by atoms with E-state index in [2.05, 4.69) is 4.98 Å². The Bertz CT molecular complexity index is 568. The Kier molecular flexibility index (Phi) is 4.95. The topological polar surface area (TPSA) is 131 Å². The average molecular weight is 286 g/mol. The molecule has 0 aliphatic carbocycles. The summed E-state index contributed by atoms with van der Waals surface area (Å²) in [5.74, 6) is -1.27. The van der Waals surface area contributed by atoms with Crippen LogP contribution in [0.3, 0.4) is 0 Å². The summed E-state index contributed by atoms with van der Waals surface area (Å²) in [6.45, 7) is 0. The first kappa shape index (κ1) is 15.1. The number of aryl methyl sites for hydroxylation is 1. The van der Waals surface area contributed by atoms with Crippen molar-refractivity contribution < 1.29 is 18.0 Å². The molecule has 1 heterocycles. The van der Waals surface area contributed by atoms with Crippen molar-refractivity contribution in [2.24, 2.45) is 5.73 Å². The standard InChI is InChI=1S/C10H14N4O4S/c1-12-19(17,18)14-9(15)5-3-7-2-4-8(10(11)16)13-6-7/h2,4,6,12H,3,5H2,1H3,(H2,11,16)(H,14,15). The molecular weight excluding hydrogens is 272 g/mol. The zero-order valence-electron chi connectivity index (χ0n) is 10.2. The Morgan fingerprint density at radius 1 is 1.37 bits per heavy atom. The number of primary amides is 1. The van der Waals surface area contributed by atoms with E-state index in [9.17, 15) is 18.0 Å². The average Bonchev–Trinajstić information content (AvgIpc) is 2.36. The van der Waals surface area contributed by atoms with E-state index >= 15 is 0 Å². The Morgan fingerprint density at radius 2 is 2.05 bits per heavy atom. The third kappa shape index (κ3) is 5.02. The van der Waals surface area contributed by atoms with Gasteiger partial charge >= 0.3 is 10.2 Å². The Balaban J connectivity index is 2.53. The SMILES string of the molecule is CNS(=O)(=O)NC(=O)CCc1ccc(C(N)=O)nc1. The number of amides is 2. The van der Waals surface area contributed by atoms with Crippen LogP contribution >= 0.6 is 0 Å². The molecule has 0 aromatic carbocycles. The highest BCUT2D eigenvalue weighted by Crippen LogP contribution is 2.03. The summed E-state index contributed by atoms with van der Waals surface area (Å²) >= 11 is 0. The molecule has 8 nitrogen and oxygen atoms in total. The summed E-state index contributed by atoms with van der Waals surface area (Å²) < 4.78 is 25.9. The van der Waals surface area contributed by atoms with Crippen LogP contribution in [0.15, 0.2) is 18.3 Å². The molecule has 0 aliphatic rings. The van der Waals surface area contributed by atoms with Gasteiger partial charge in [0, 0.05) is 19.7 Å². The molecule has 2 amide bonds. The van der Waals surface area contributed by atoms with Gasteiger partial charge < -0.3 is 5.73 Å². The summed E-state index contributed by atoms with van der Waals surface area (Å²) in [6, 6.07) is 3.05. The lowest BCUT2D eigenvalue weighted by Crippen LogP contribution is -2.38. The molecule has 1 aromatic heterocycles. The monoisotopic (exact) mass is 286 g/mol. The van der Waals surface area contributed by atoms with Gasteiger partial charge in [0.2, 0.25) is 5.91 Å². The second-order valence-electron chi connectivity index (χ2n) is 3.65. The van der Waals surface area contributed by atoms with Crippen molar-refractivity contribution in [3.63, 3.8) is 0 Å². The van der Waals surface area contributed by atoms with Crippen LogP contribution in [0.1, 0.15) is 22.5 Å². The molecule has 4 N–H and O–H groups in total. The van der Waals surface area contributed by atoms with Crippen molar-refractivity contribution in [1.29, 1.82) is 0 Å². The molecule has 0 fully saturated rings. The lowest BCUT2D eigenvalue weighted by Gasteiger charge is -2.05. The molecule has 1 aromatic rings. The molecule has 104 valence electrons. The van der Waals surface area contributed by atoms with E-state index in [4.69, 9.17) is 5.73 Å². The fraction of sp³-hybridized carbons (Fsp3) is 0.300. The second-order valence-corrected chi connectivity index (χ2v) is 5.27. The summed E-state index contributed by atoms with van der Waals surface area (Å²) in [5, 5.41) is 0. The van der Waals surface area contributed by atoms with Gasteiger partial charge in [0.25, 0.3) is 5.91 Å². The van der Waals surface area contributed by atoms with Crippen molar-refractivity contribution in [2.45, 2.75) is 12.8 Å². The molecule has 0 aliphatic heterocycles. The minimum atomic E-state index is -3.77. The first-order valence-electron chi connectivity index (χ1n) is 5.33. The van der Waals surface area contributed by atoms with Crippen LogP contribution in [0.2, 0.25) is 0 Å². The number of rotatable bonds is 6. The third-order valence-corrected chi connectivity index (χ3v) is 3.27. The summed E-state index contributed by atoms with van der Waals surface area (Å²) in [4.78, 5) is 25.9. The molecule has 0 unspecified atom stereocenters. The van der Waals surface area contributed by atoms with Crippen LogP contribution in [-0.4, -0.2) is 32.3 Å². The number of aromatic nitrogens is 1. The van der Waals surface area contributed by atoms with E-state index in [0.717, 1.165) is 0 Å². The molecule has 9 heteroatoms. The summed E-state index contributed by atoms with van der Waals surface area (Å²) in [7, 11) is -2.57. The third-order valence-electron chi connectivity index (χ3n) is 2.23. The number of pyridine rings is 1. The van der Waals surface area contributed by atoms with Gasteiger partial charge in [-0.2, -0.15) is 8.42 Å². The molecule has 1 rings (SSSR count). The molecule has 0 spiro atoms. The smallest absolute Gasteiger partial charge is 0.301 e. The van der Waals surface area contributed by atoms with E-state index in [1.165, 1.54) is 19.3 Å². The zero-order valence-corrected chi connectivity index (χ0v) is 11.0. The van der Waals surface area contributed by atoms with E-state index < -0.39 is 22.0 Å². The molecule has 0 atom stereocenters. The van der Waals surface area contributed by atoms with Gasteiger partial charge in [-0.05, 0) is 18.1 Å². The van der Waals surface area contributed by atoms with Gasteiger partial charge in [0.15, 0.2) is 0 Å². The highest BCUT2D eigenvalue weighted by atomic mass is 32.2. The van der Waals surface area contributed by atoms with Gasteiger partial charge in [-0.25, -0.2) is 9.44 Å². The highest BCUT2D eigenvalue weighted by molar-refractivity contribution is 7.88. The van der Waals surface area contributed by atoms with Gasteiger partial charge in [-0.1, -0.05) is 6.07 Å². The highest BCUT2D eigenvalue weighted by Gasteiger charge is 2.11. The van der Waals surface area contributed by atoms with Crippen LogP contribution in [0, 0.1) is 0 Å². The number of hydrogen-bond donors (Lipinski definition) is 3. The van der Waals surface area contributed by atoms with E-state index in [1.807, 2.05) is 9.44 Å². The quantitative estimate of drug-likeness (QED) is 0.597.